The van der Waals surface area contributed by atoms with E-state index in [1.54, 1.807) is 23.4 Å². The molecule has 4 N–H and O–H groups in total. The molecule has 2 aliphatic heterocycles. The van der Waals surface area contributed by atoms with E-state index in [0.29, 0.717) is 65.7 Å². The number of aromatic nitrogens is 4. The number of hydrogen-bond donors (Lipinski definition) is 4. The van der Waals surface area contributed by atoms with E-state index in [9.17, 15) is 23.9 Å². The summed E-state index contributed by atoms with van der Waals surface area (Å²) in [5.41, 5.74) is 4.00. The lowest BCUT2D eigenvalue weighted by atomic mass is 9.96. The zero-order valence-corrected chi connectivity index (χ0v) is 28.5. The molecule has 13 heteroatoms. The van der Waals surface area contributed by atoms with E-state index in [4.69, 9.17) is 4.74 Å². The summed E-state index contributed by atoms with van der Waals surface area (Å²) in [6, 6.07) is 10.6. The van der Waals surface area contributed by atoms with Crippen LogP contribution in [0.4, 0.5) is 14.0 Å². The van der Waals surface area contributed by atoms with Crippen molar-refractivity contribution in [2.45, 2.75) is 57.7 Å². The van der Waals surface area contributed by atoms with E-state index in [2.05, 4.69) is 48.9 Å². The largest absolute Gasteiger partial charge is 0.465 e. The Morgan fingerprint density at radius 3 is 2.37 bits per heavy atom. The molecule has 2 aromatic carbocycles. The Morgan fingerprint density at radius 1 is 0.941 bits per heavy atom. The fourth-order valence-electron chi connectivity index (χ4n) is 6.61. The Kier molecular flexibility index (Phi) is 10.4. The number of amides is 3. The summed E-state index contributed by atoms with van der Waals surface area (Å²) < 4.78 is 19.1. The maximum Gasteiger partial charge on any atom is 0.407 e. The number of carbonyl (C=O) groups is 3. The summed E-state index contributed by atoms with van der Waals surface area (Å²) in [7, 11) is 1.27. The van der Waals surface area contributed by atoms with Crippen molar-refractivity contribution >= 4 is 18.1 Å². The molecule has 2 saturated heterocycles. The first-order valence-electron chi connectivity index (χ1n) is 16.8. The van der Waals surface area contributed by atoms with Crippen LogP contribution in [0.2, 0.25) is 0 Å². The van der Waals surface area contributed by atoms with E-state index in [0.717, 1.165) is 18.4 Å². The Balaban J connectivity index is 1.24. The number of nitrogens with zero attached hydrogens (tertiary/aromatic N) is 4. The molecule has 262 valence electrons. The van der Waals surface area contributed by atoms with Gasteiger partial charge in [0.1, 0.15) is 29.2 Å². The Morgan fingerprint density at radius 2 is 1.65 bits per heavy atom. The topological polar surface area (TPSA) is 157 Å². The summed E-state index contributed by atoms with van der Waals surface area (Å²) >= 11 is 0. The molecule has 6 rings (SSSR count). The molecule has 0 unspecified atom stereocenters. The van der Waals surface area contributed by atoms with Crippen molar-refractivity contribution < 1.29 is 28.6 Å². The average molecular weight is 692 g/mol. The van der Waals surface area contributed by atoms with Crippen LogP contribution in [-0.4, -0.2) is 79.2 Å². The number of halogens is 1. The monoisotopic (exact) mass is 691 g/mol. The van der Waals surface area contributed by atoms with Gasteiger partial charge >= 0.3 is 12.2 Å². The van der Waals surface area contributed by atoms with Crippen molar-refractivity contribution in [1.29, 1.82) is 0 Å². The van der Waals surface area contributed by atoms with Crippen molar-refractivity contribution in [2.24, 2.45) is 5.92 Å². The van der Waals surface area contributed by atoms with Gasteiger partial charge in [0.05, 0.1) is 37.3 Å². The summed E-state index contributed by atoms with van der Waals surface area (Å²) in [4.78, 5) is 55.7. The summed E-state index contributed by atoms with van der Waals surface area (Å²) in [5.74, 6) is 12.2. The number of hydrogen-bond acceptors (Lipinski definition) is 6. The number of ether oxygens (including phenoxy) is 1. The summed E-state index contributed by atoms with van der Waals surface area (Å²) in [5, 5.41) is 12.1. The zero-order valence-electron chi connectivity index (χ0n) is 28.5. The number of carbonyl (C=O) groups excluding carboxylic acids is 2. The first-order chi connectivity index (χ1) is 24.6. The van der Waals surface area contributed by atoms with Gasteiger partial charge in [0.25, 0.3) is 0 Å². The van der Waals surface area contributed by atoms with Crippen LogP contribution < -0.4 is 5.32 Å². The molecule has 4 heterocycles. The molecule has 2 aromatic heterocycles. The molecule has 0 saturated carbocycles. The molecule has 51 heavy (non-hydrogen) atoms. The van der Waals surface area contributed by atoms with Crippen LogP contribution >= 0.6 is 0 Å². The van der Waals surface area contributed by atoms with Crippen molar-refractivity contribution in [3.8, 4) is 46.1 Å². The number of H-pyrrole nitrogens is 2. The molecule has 0 bridgehead atoms. The molecular weight excluding hydrogens is 653 g/mol. The van der Waals surface area contributed by atoms with E-state index in [1.807, 2.05) is 38.1 Å². The molecule has 4 aromatic rings. The maximum atomic E-state index is 14.4. The van der Waals surface area contributed by atoms with Crippen LogP contribution in [0.25, 0.3) is 22.4 Å². The SMILES string of the molecule is COC(=O)N[C@H](C(=O)N1CCC[C@H]1c1ncc(-c2ccc(C#CC#Cc3cnc([C@@H]4CCCN4C(=O)O)[nH]3)c(-c3cccc(F)c3)c2)[nH]1)C(C)C. The second-order valence-corrected chi connectivity index (χ2v) is 12.8. The first kappa shape index (κ1) is 34.8. The van der Waals surface area contributed by atoms with Gasteiger partial charge in [-0.1, -0.05) is 38.0 Å². The third-order valence-electron chi connectivity index (χ3n) is 9.17. The van der Waals surface area contributed by atoms with Crippen molar-refractivity contribution in [3.63, 3.8) is 0 Å². The van der Waals surface area contributed by atoms with Gasteiger partial charge in [-0.15, -0.1) is 0 Å². The second kappa shape index (κ2) is 15.2. The Bertz CT molecular complexity index is 2070. The van der Waals surface area contributed by atoms with Crippen LogP contribution in [0.1, 0.15) is 74.5 Å². The minimum atomic E-state index is -0.973. The van der Waals surface area contributed by atoms with E-state index in [-0.39, 0.29) is 29.7 Å². The number of nitrogens with one attached hydrogen (secondary N) is 3. The van der Waals surface area contributed by atoms with Gasteiger partial charge in [-0.05, 0) is 84.8 Å². The van der Waals surface area contributed by atoms with Gasteiger partial charge < -0.3 is 30.0 Å². The van der Waals surface area contributed by atoms with Crippen LogP contribution in [0.3, 0.4) is 0 Å². The molecule has 0 spiro atoms. The number of carboxylic acid groups (broad SMARTS) is 1. The molecule has 2 fully saturated rings. The maximum absolute atomic E-state index is 14.4. The van der Waals surface area contributed by atoms with Crippen molar-refractivity contribution in [3.05, 3.63) is 83.6 Å². The number of methoxy groups -OCH3 is 1. The highest BCUT2D eigenvalue weighted by molar-refractivity contribution is 5.86. The highest BCUT2D eigenvalue weighted by Gasteiger charge is 2.37. The Hall–Kier alpha value is -6.08. The molecule has 3 atom stereocenters. The average Bonchev–Trinajstić information content (AvgIpc) is 3.95. The zero-order chi connectivity index (χ0) is 36.1. The fourth-order valence-corrected chi connectivity index (χ4v) is 6.61. The lowest BCUT2D eigenvalue weighted by Gasteiger charge is -2.30. The lowest BCUT2D eigenvalue weighted by Crippen LogP contribution is -2.51. The molecule has 2 aliphatic rings. The van der Waals surface area contributed by atoms with Crippen LogP contribution in [0.15, 0.2) is 54.9 Å². The number of benzene rings is 2. The normalized spacial score (nSPS) is 17.4. The number of alkyl carbamates (subject to hydrolysis) is 1. The quantitative estimate of drug-likeness (QED) is 0.177. The highest BCUT2D eigenvalue weighted by atomic mass is 19.1. The van der Waals surface area contributed by atoms with Crippen molar-refractivity contribution in [1.82, 2.24) is 35.1 Å². The third kappa shape index (κ3) is 7.73. The summed E-state index contributed by atoms with van der Waals surface area (Å²) in [6.07, 6.45) is 4.62. The number of rotatable bonds is 7. The van der Waals surface area contributed by atoms with Gasteiger partial charge in [-0.3, -0.25) is 9.69 Å². The van der Waals surface area contributed by atoms with E-state index >= 15 is 0 Å². The molecule has 3 amide bonds. The lowest BCUT2D eigenvalue weighted by molar-refractivity contribution is -0.135. The van der Waals surface area contributed by atoms with Gasteiger partial charge in [0, 0.05) is 24.2 Å². The van der Waals surface area contributed by atoms with E-state index in [1.165, 1.54) is 24.1 Å². The highest BCUT2D eigenvalue weighted by Crippen LogP contribution is 2.34. The van der Waals surface area contributed by atoms with Gasteiger partial charge in [-0.25, -0.2) is 23.9 Å². The number of aromatic amines is 2. The minimum absolute atomic E-state index is 0.147. The number of likely N-dealkylation sites (tertiary alicyclic amines) is 2. The van der Waals surface area contributed by atoms with Crippen molar-refractivity contribution in [2.75, 3.05) is 20.2 Å². The fraction of sp³-hybridized carbons (Fsp3) is 0.342. The minimum Gasteiger partial charge on any atom is -0.465 e. The number of imidazole rings is 2. The molecule has 0 radical (unpaired) electrons. The van der Waals surface area contributed by atoms with Gasteiger partial charge in [-0.2, -0.15) is 0 Å². The molecule has 12 nitrogen and oxygen atoms in total. The van der Waals surface area contributed by atoms with Gasteiger partial charge in [0.2, 0.25) is 5.91 Å². The third-order valence-corrected chi connectivity index (χ3v) is 9.17. The Labute approximate surface area is 294 Å². The molecule has 0 aliphatic carbocycles. The molecular formula is C38H38FN7O5. The summed E-state index contributed by atoms with van der Waals surface area (Å²) in [6.45, 7) is 4.75. The predicted octanol–water partition coefficient (Wildman–Crippen LogP) is 5.87. The standard InChI is InChI=1S/C38H38FN7O5/c1-23(2)33(44-37(48)51-3)36(47)45-17-7-13-31(45)35-41-22-30(43-35)26-16-15-24(29(20-26)25-10-6-11-27(39)19-25)9-4-5-12-28-21-40-34(42-28)32-14-8-18-46(32)38(49)50/h6,10-11,15-16,19-23,31-33H,7-8,13-14,17-18H2,1-3H3,(H,40,42)(H,41,43)(H,44,48)(H,49,50)/t31-,32-,33-/m0/s1. The van der Waals surface area contributed by atoms with Crippen LogP contribution in [-0.2, 0) is 9.53 Å². The second-order valence-electron chi connectivity index (χ2n) is 12.8. The van der Waals surface area contributed by atoms with Gasteiger partial charge in [0.15, 0.2) is 0 Å². The predicted molar refractivity (Wildman–Crippen MR) is 186 cm³/mol. The first-order valence-corrected chi connectivity index (χ1v) is 16.8. The van der Waals surface area contributed by atoms with Crippen LogP contribution in [0, 0.1) is 35.4 Å². The van der Waals surface area contributed by atoms with Crippen LogP contribution in [0.5, 0.6) is 0 Å². The smallest absolute Gasteiger partial charge is 0.407 e. The van der Waals surface area contributed by atoms with E-state index < -0.39 is 18.2 Å².